The Balaban J connectivity index is 1.53. The van der Waals surface area contributed by atoms with E-state index in [1.54, 1.807) is 37.0 Å². The van der Waals surface area contributed by atoms with E-state index in [1.165, 1.54) is 4.57 Å². The van der Waals surface area contributed by atoms with Gasteiger partial charge in [-0.1, -0.05) is 56.3 Å². The number of aryl methyl sites for hydroxylation is 3. The number of hydrogen-bond acceptors (Lipinski definition) is 4. The minimum Gasteiger partial charge on any atom is -0.333 e. The topological polar surface area (TPSA) is 77.3 Å². The van der Waals surface area contributed by atoms with E-state index in [4.69, 9.17) is 10.4 Å². The van der Waals surface area contributed by atoms with Crippen LogP contribution in [0.4, 0.5) is 13.2 Å². The number of rotatable bonds is 5. The van der Waals surface area contributed by atoms with E-state index in [9.17, 15) is 13.2 Å². The van der Waals surface area contributed by atoms with Crippen molar-refractivity contribution in [3.05, 3.63) is 82.9 Å². The average molecular weight is 520 g/mol. The smallest absolute Gasteiger partial charge is 0.333 e. The Morgan fingerprint density at radius 3 is 2.34 bits per heavy atom. The summed E-state index contributed by atoms with van der Waals surface area (Å²) < 4.78 is 44.2. The third-order valence-corrected chi connectivity index (χ3v) is 6.81. The molecule has 0 atom stereocenters. The van der Waals surface area contributed by atoms with E-state index in [-0.39, 0.29) is 11.4 Å². The molecule has 0 fully saturated rings. The van der Waals surface area contributed by atoms with Gasteiger partial charge in [0.2, 0.25) is 5.62 Å². The van der Waals surface area contributed by atoms with Gasteiger partial charge in [-0.2, -0.15) is 13.2 Å². The fourth-order valence-electron chi connectivity index (χ4n) is 4.76. The molecule has 1 N–H and O–H groups in total. The number of benzene rings is 2. The Kier molecular flexibility index (Phi) is 6.21. The second-order valence-electron chi connectivity index (χ2n) is 9.82. The van der Waals surface area contributed by atoms with Crippen LogP contribution >= 0.6 is 0 Å². The van der Waals surface area contributed by atoms with Crippen molar-refractivity contribution in [2.75, 3.05) is 0 Å². The maximum Gasteiger partial charge on any atom is 0.434 e. The predicted molar refractivity (Wildman–Crippen MR) is 139 cm³/mol. The summed E-state index contributed by atoms with van der Waals surface area (Å²) in [6, 6.07) is 13.3. The van der Waals surface area contributed by atoms with Crippen LogP contribution in [0.2, 0.25) is 0 Å². The van der Waals surface area contributed by atoms with Gasteiger partial charge in [-0.25, -0.2) is 15.0 Å². The fourth-order valence-corrected chi connectivity index (χ4v) is 4.76. The van der Waals surface area contributed by atoms with E-state index in [0.717, 1.165) is 34.0 Å². The highest BCUT2D eigenvalue weighted by atomic mass is 19.4. The number of nitrogens with zero attached hydrogens (tertiary/aromatic N) is 6. The first-order valence-electron chi connectivity index (χ1n) is 12.2. The molecule has 0 aliphatic rings. The number of halogens is 3. The molecule has 5 rings (SSSR count). The molecule has 3 heterocycles. The zero-order chi connectivity index (χ0) is 27.4. The Hall–Kier alpha value is -4.21. The van der Waals surface area contributed by atoms with Crippen LogP contribution in [0, 0.1) is 12.3 Å². The monoisotopic (exact) mass is 519 g/mol. The van der Waals surface area contributed by atoms with Gasteiger partial charge in [-0.3, -0.25) is 9.98 Å². The van der Waals surface area contributed by atoms with Gasteiger partial charge >= 0.3 is 6.18 Å². The lowest BCUT2D eigenvalue weighted by atomic mass is 9.93. The van der Waals surface area contributed by atoms with Gasteiger partial charge in [0.25, 0.3) is 0 Å². The first kappa shape index (κ1) is 25.4. The van der Waals surface area contributed by atoms with Crippen LogP contribution < -0.4 is 5.62 Å². The SMILES string of the molecule is Cc1cccc(C(C)C)c1-c1ncc2c(n1)n(Cc1ccc(-c3nc(C(F)(F)F)cn3C)cc1)c(=N)n2C. The molecule has 0 bridgehead atoms. The zero-order valence-electron chi connectivity index (χ0n) is 21.8. The number of nitrogens with one attached hydrogen (secondary N) is 1. The number of hydrogen-bond donors (Lipinski definition) is 1. The normalized spacial score (nSPS) is 12.1. The Morgan fingerprint density at radius 2 is 1.71 bits per heavy atom. The van der Waals surface area contributed by atoms with Crippen LogP contribution in [-0.4, -0.2) is 28.7 Å². The van der Waals surface area contributed by atoms with Crippen LogP contribution in [0.1, 0.15) is 42.1 Å². The number of alkyl halides is 3. The van der Waals surface area contributed by atoms with E-state index in [1.807, 2.05) is 35.8 Å². The molecule has 196 valence electrons. The molecule has 10 heteroatoms. The molecular weight excluding hydrogens is 491 g/mol. The summed E-state index contributed by atoms with van der Waals surface area (Å²) in [6.07, 6.45) is -1.76. The van der Waals surface area contributed by atoms with Crippen molar-refractivity contribution in [1.82, 2.24) is 28.7 Å². The minimum atomic E-state index is -4.50. The van der Waals surface area contributed by atoms with Crippen LogP contribution in [0.3, 0.4) is 0 Å². The summed E-state index contributed by atoms with van der Waals surface area (Å²) in [4.78, 5) is 13.3. The lowest BCUT2D eigenvalue weighted by molar-refractivity contribution is -0.140. The molecule has 3 aromatic heterocycles. The van der Waals surface area contributed by atoms with E-state index in [2.05, 4.69) is 29.9 Å². The predicted octanol–water partition coefficient (Wildman–Crippen LogP) is 5.82. The molecule has 0 spiro atoms. The van der Waals surface area contributed by atoms with Crippen molar-refractivity contribution in [2.45, 2.75) is 39.4 Å². The van der Waals surface area contributed by atoms with Gasteiger partial charge in [0, 0.05) is 31.4 Å². The molecular formula is C28H28F3N7. The molecule has 5 aromatic rings. The van der Waals surface area contributed by atoms with Crippen molar-refractivity contribution >= 4 is 11.2 Å². The summed E-state index contributed by atoms with van der Waals surface area (Å²) in [5.41, 5.74) is 5.43. The van der Waals surface area contributed by atoms with Crippen molar-refractivity contribution in [3.63, 3.8) is 0 Å². The van der Waals surface area contributed by atoms with Crippen LogP contribution in [0.5, 0.6) is 0 Å². The highest BCUT2D eigenvalue weighted by molar-refractivity contribution is 5.75. The lowest BCUT2D eigenvalue weighted by Crippen LogP contribution is -2.23. The van der Waals surface area contributed by atoms with Gasteiger partial charge in [0.15, 0.2) is 17.2 Å². The molecule has 0 unspecified atom stereocenters. The number of aromatic nitrogens is 6. The molecule has 7 nitrogen and oxygen atoms in total. The maximum absolute atomic E-state index is 13.1. The molecule has 0 saturated carbocycles. The summed E-state index contributed by atoms with van der Waals surface area (Å²) in [7, 11) is 3.35. The Labute approximate surface area is 217 Å². The quantitative estimate of drug-likeness (QED) is 0.318. The molecule has 0 saturated heterocycles. The molecule has 0 radical (unpaired) electrons. The zero-order valence-corrected chi connectivity index (χ0v) is 21.8. The van der Waals surface area contributed by atoms with Crippen LogP contribution in [0.25, 0.3) is 33.9 Å². The summed E-state index contributed by atoms with van der Waals surface area (Å²) in [5, 5.41) is 8.71. The first-order chi connectivity index (χ1) is 18.0. The summed E-state index contributed by atoms with van der Waals surface area (Å²) in [5.74, 6) is 1.15. The van der Waals surface area contributed by atoms with Crippen molar-refractivity contribution in [3.8, 4) is 22.8 Å². The molecule has 0 aliphatic carbocycles. The average Bonchev–Trinajstić information content (AvgIpc) is 3.38. The molecule has 0 amide bonds. The van der Waals surface area contributed by atoms with Crippen molar-refractivity contribution < 1.29 is 13.2 Å². The molecule has 0 aliphatic heterocycles. The van der Waals surface area contributed by atoms with Gasteiger partial charge in [0.05, 0.1) is 12.7 Å². The van der Waals surface area contributed by atoms with E-state index in [0.29, 0.717) is 29.5 Å². The number of imidazole rings is 2. The van der Waals surface area contributed by atoms with E-state index >= 15 is 0 Å². The van der Waals surface area contributed by atoms with Crippen LogP contribution in [0.15, 0.2) is 54.9 Å². The largest absolute Gasteiger partial charge is 0.434 e. The molecule has 2 aromatic carbocycles. The fraction of sp³-hybridized carbons (Fsp3) is 0.286. The van der Waals surface area contributed by atoms with Gasteiger partial charge < -0.3 is 9.13 Å². The maximum atomic E-state index is 13.1. The van der Waals surface area contributed by atoms with Crippen molar-refractivity contribution in [1.29, 1.82) is 5.41 Å². The van der Waals surface area contributed by atoms with E-state index < -0.39 is 11.9 Å². The summed E-state index contributed by atoms with van der Waals surface area (Å²) in [6.45, 7) is 6.69. The van der Waals surface area contributed by atoms with Gasteiger partial charge in [-0.05, 0) is 29.5 Å². The lowest BCUT2D eigenvalue weighted by Gasteiger charge is -2.14. The molecule has 38 heavy (non-hydrogen) atoms. The Morgan fingerprint density at radius 1 is 1.00 bits per heavy atom. The Bertz CT molecular complexity index is 1700. The van der Waals surface area contributed by atoms with Gasteiger partial charge in [-0.15, -0.1) is 0 Å². The minimum absolute atomic E-state index is 0.236. The van der Waals surface area contributed by atoms with Crippen LogP contribution in [-0.2, 0) is 26.8 Å². The second kappa shape index (κ2) is 9.27. The number of fused-ring (bicyclic) bond motifs is 1. The highest BCUT2D eigenvalue weighted by Crippen LogP contribution is 2.32. The van der Waals surface area contributed by atoms with Crippen molar-refractivity contribution in [2.24, 2.45) is 14.1 Å². The third kappa shape index (κ3) is 4.40. The highest BCUT2D eigenvalue weighted by Gasteiger charge is 2.34. The standard InChI is InChI=1S/C28H28F3N7/c1-16(2)20-8-6-7-17(3)23(20)24-33-13-21-26(35-24)38(27(32)37(21)5)14-18-9-11-19(12-10-18)25-34-22(15-36(25)4)28(29,30)31/h6-13,15-16,32H,14H2,1-5H3. The summed E-state index contributed by atoms with van der Waals surface area (Å²) >= 11 is 0. The first-order valence-corrected chi connectivity index (χ1v) is 12.2. The third-order valence-electron chi connectivity index (χ3n) is 6.81. The van der Waals surface area contributed by atoms with Gasteiger partial charge in [0.1, 0.15) is 11.3 Å². The second-order valence-corrected chi connectivity index (χ2v) is 9.82.